The Morgan fingerprint density at radius 1 is 1.25 bits per heavy atom. The monoisotopic (exact) mass is 414 g/mol. The molecule has 1 aromatic heterocycles. The molecule has 0 saturated heterocycles. The molecule has 146 valence electrons. The summed E-state index contributed by atoms with van der Waals surface area (Å²) in [7, 11) is 0. The van der Waals surface area contributed by atoms with Gasteiger partial charge in [-0.15, -0.1) is 0 Å². The largest absolute Gasteiger partial charge is 0.465 e. The van der Waals surface area contributed by atoms with Crippen LogP contribution in [0.25, 0.3) is 27.4 Å². The summed E-state index contributed by atoms with van der Waals surface area (Å²) in [5.74, 6) is -0.234. The van der Waals surface area contributed by atoms with Crippen LogP contribution in [0.4, 0.5) is 0 Å². The van der Waals surface area contributed by atoms with Crippen LogP contribution in [0, 0.1) is 0 Å². The van der Waals surface area contributed by atoms with Crippen LogP contribution in [-0.2, 0) is 9.53 Å². The number of rotatable bonds is 8. The number of esters is 1. The molecule has 0 aliphatic carbocycles. The van der Waals surface area contributed by atoms with Crippen molar-refractivity contribution in [1.29, 1.82) is 0 Å². The lowest BCUT2D eigenvalue weighted by atomic mass is 10.1. The Kier molecular flexibility index (Phi) is 7.20. The Morgan fingerprint density at radius 3 is 2.75 bits per heavy atom. The molecule has 3 aromatic rings. The molecule has 0 amide bonds. The lowest BCUT2D eigenvalue weighted by Crippen LogP contribution is -2.28. The molecule has 2 aromatic carbocycles. The van der Waals surface area contributed by atoms with Crippen molar-refractivity contribution in [3.05, 3.63) is 59.1 Å². The van der Waals surface area contributed by atoms with E-state index in [1.807, 2.05) is 24.3 Å². The highest BCUT2D eigenvalue weighted by molar-refractivity contribution is 7.13. The van der Waals surface area contributed by atoms with Crippen LogP contribution in [0.15, 0.2) is 48.5 Å². The first-order valence-electron chi connectivity index (χ1n) is 9.24. The standard InChI is InChI=1S/C22H23ClN2O2S/c1-3-25(13-14-27-16(2)26)12-4-5-17-6-11-20-21(15-17)28-24-22(20)18-7-9-19(23)10-8-18/h4-11,15H,3,12-14H2,1-2H3. The van der Waals surface area contributed by atoms with Gasteiger partial charge in [-0.2, -0.15) is 4.37 Å². The summed E-state index contributed by atoms with van der Waals surface area (Å²) in [6.45, 7) is 6.42. The van der Waals surface area contributed by atoms with Gasteiger partial charge in [0.1, 0.15) is 6.61 Å². The molecule has 0 aliphatic rings. The molecule has 0 radical (unpaired) electrons. The Labute approximate surface area is 174 Å². The highest BCUT2D eigenvalue weighted by atomic mass is 35.5. The summed E-state index contributed by atoms with van der Waals surface area (Å²) >= 11 is 7.49. The third-order valence-corrected chi connectivity index (χ3v) is 5.51. The van der Waals surface area contributed by atoms with Gasteiger partial charge in [0.2, 0.25) is 0 Å². The maximum absolute atomic E-state index is 10.9. The smallest absolute Gasteiger partial charge is 0.302 e. The molecule has 0 aliphatic heterocycles. The number of hydrogen-bond acceptors (Lipinski definition) is 5. The van der Waals surface area contributed by atoms with E-state index >= 15 is 0 Å². The second kappa shape index (κ2) is 9.82. The van der Waals surface area contributed by atoms with Crippen molar-refractivity contribution in [2.75, 3.05) is 26.2 Å². The van der Waals surface area contributed by atoms with E-state index in [0.717, 1.165) is 51.6 Å². The van der Waals surface area contributed by atoms with Crippen LogP contribution in [0.5, 0.6) is 0 Å². The number of likely N-dealkylation sites (N-methyl/N-ethyl adjacent to an activating group) is 1. The van der Waals surface area contributed by atoms with Gasteiger partial charge in [0.05, 0.1) is 10.4 Å². The minimum Gasteiger partial charge on any atom is -0.465 e. The zero-order chi connectivity index (χ0) is 19.9. The number of nitrogens with zero attached hydrogens (tertiary/aromatic N) is 2. The molecule has 1 heterocycles. The number of carbonyl (C=O) groups excluding carboxylic acids is 1. The van der Waals surface area contributed by atoms with E-state index in [2.05, 4.69) is 46.5 Å². The van der Waals surface area contributed by atoms with E-state index in [1.165, 1.54) is 18.5 Å². The highest BCUT2D eigenvalue weighted by Gasteiger charge is 2.09. The summed E-state index contributed by atoms with van der Waals surface area (Å²) in [4.78, 5) is 13.1. The zero-order valence-electron chi connectivity index (χ0n) is 16.0. The molecule has 0 unspecified atom stereocenters. The average Bonchev–Trinajstić information content (AvgIpc) is 3.10. The average molecular weight is 415 g/mol. The van der Waals surface area contributed by atoms with Gasteiger partial charge in [0.15, 0.2) is 0 Å². The van der Waals surface area contributed by atoms with E-state index in [9.17, 15) is 4.79 Å². The summed E-state index contributed by atoms with van der Waals surface area (Å²) in [5.41, 5.74) is 3.22. The van der Waals surface area contributed by atoms with Crippen molar-refractivity contribution in [2.24, 2.45) is 0 Å². The number of ether oxygens (including phenoxy) is 1. The summed E-state index contributed by atoms with van der Waals surface area (Å²) in [6, 6.07) is 14.2. The van der Waals surface area contributed by atoms with Crippen molar-refractivity contribution >= 4 is 45.3 Å². The number of benzene rings is 2. The van der Waals surface area contributed by atoms with Gasteiger partial charge in [-0.3, -0.25) is 9.69 Å². The predicted octanol–water partition coefficient (Wildman–Crippen LogP) is 5.51. The first-order chi connectivity index (χ1) is 13.6. The Balaban J connectivity index is 1.66. The number of hydrogen-bond donors (Lipinski definition) is 0. The normalized spacial score (nSPS) is 11.6. The van der Waals surface area contributed by atoms with Crippen LogP contribution in [0.3, 0.4) is 0 Å². The molecular weight excluding hydrogens is 392 g/mol. The van der Waals surface area contributed by atoms with Gasteiger partial charge in [-0.25, -0.2) is 0 Å². The molecule has 6 heteroatoms. The SMILES string of the molecule is CCN(CC=Cc1ccc2c(-c3ccc(Cl)cc3)nsc2c1)CCOC(C)=O. The number of fused-ring (bicyclic) bond motifs is 1. The van der Waals surface area contributed by atoms with Crippen LogP contribution < -0.4 is 0 Å². The first kappa shape index (κ1) is 20.5. The molecule has 0 bridgehead atoms. The van der Waals surface area contributed by atoms with Crippen LogP contribution in [-0.4, -0.2) is 41.5 Å². The van der Waals surface area contributed by atoms with Gasteiger partial charge in [0.25, 0.3) is 0 Å². The topological polar surface area (TPSA) is 42.4 Å². The summed E-state index contributed by atoms with van der Waals surface area (Å²) in [5, 5.41) is 1.88. The molecule has 0 fully saturated rings. The maximum atomic E-state index is 10.9. The molecular formula is C22H23ClN2O2S. The van der Waals surface area contributed by atoms with E-state index in [1.54, 1.807) is 0 Å². The van der Waals surface area contributed by atoms with Crippen molar-refractivity contribution < 1.29 is 9.53 Å². The van der Waals surface area contributed by atoms with Gasteiger partial charge in [0, 0.05) is 36.0 Å². The van der Waals surface area contributed by atoms with Crippen molar-refractivity contribution in [3.63, 3.8) is 0 Å². The van der Waals surface area contributed by atoms with Crippen LogP contribution in [0.1, 0.15) is 19.4 Å². The Morgan fingerprint density at radius 2 is 2.04 bits per heavy atom. The van der Waals surface area contributed by atoms with Crippen LogP contribution >= 0.6 is 23.1 Å². The maximum Gasteiger partial charge on any atom is 0.302 e. The second-order valence-corrected chi connectivity index (χ2v) is 7.67. The lowest BCUT2D eigenvalue weighted by molar-refractivity contribution is -0.141. The minimum absolute atomic E-state index is 0.234. The second-order valence-electron chi connectivity index (χ2n) is 6.43. The minimum atomic E-state index is -0.234. The van der Waals surface area contributed by atoms with E-state index in [4.69, 9.17) is 16.3 Å². The molecule has 4 nitrogen and oxygen atoms in total. The van der Waals surface area contributed by atoms with Crippen molar-refractivity contribution in [3.8, 4) is 11.3 Å². The van der Waals surface area contributed by atoms with Crippen molar-refractivity contribution in [1.82, 2.24) is 9.27 Å². The summed E-state index contributed by atoms with van der Waals surface area (Å²) < 4.78 is 10.8. The first-order valence-corrected chi connectivity index (χ1v) is 10.4. The summed E-state index contributed by atoms with van der Waals surface area (Å²) in [6.07, 6.45) is 4.26. The molecule has 0 N–H and O–H groups in total. The predicted molar refractivity (Wildman–Crippen MR) is 118 cm³/mol. The zero-order valence-corrected chi connectivity index (χ0v) is 17.6. The quantitative estimate of drug-likeness (QED) is 0.455. The fourth-order valence-electron chi connectivity index (χ4n) is 2.91. The molecule has 0 spiro atoms. The molecule has 0 saturated carbocycles. The lowest BCUT2D eigenvalue weighted by Gasteiger charge is -2.17. The molecule has 0 atom stereocenters. The van der Waals surface area contributed by atoms with Gasteiger partial charge >= 0.3 is 5.97 Å². The Bertz CT molecular complexity index is 966. The Hall–Kier alpha value is -2.21. The van der Waals surface area contributed by atoms with Gasteiger partial charge < -0.3 is 4.74 Å². The van der Waals surface area contributed by atoms with E-state index < -0.39 is 0 Å². The third kappa shape index (κ3) is 5.41. The fraction of sp³-hybridized carbons (Fsp3) is 0.273. The van der Waals surface area contributed by atoms with Gasteiger partial charge in [-0.1, -0.05) is 54.9 Å². The van der Waals surface area contributed by atoms with Gasteiger partial charge in [-0.05, 0) is 41.8 Å². The molecule has 28 heavy (non-hydrogen) atoms. The third-order valence-electron chi connectivity index (χ3n) is 4.45. The number of carbonyl (C=O) groups is 1. The van der Waals surface area contributed by atoms with Crippen molar-refractivity contribution in [2.45, 2.75) is 13.8 Å². The number of aromatic nitrogens is 1. The van der Waals surface area contributed by atoms with E-state index in [-0.39, 0.29) is 5.97 Å². The van der Waals surface area contributed by atoms with E-state index in [0.29, 0.717) is 6.61 Å². The highest BCUT2D eigenvalue weighted by Crippen LogP contribution is 2.32. The molecule has 3 rings (SSSR count). The number of halogens is 1. The van der Waals surface area contributed by atoms with Crippen LogP contribution in [0.2, 0.25) is 5.02 Å². The fourth-order valence-corrected chi connectivity index (χ4v) is 3.88.